The van der Waals surface area contributed by atoms with Gasteiger partial charge in [-0.15, -0.1) is 0 Å². The van der Waals surface area contributed by atoms with Crippen LogP contribution < -0.4 is 16.0 Å². The van der Waals surface area contributed by atoms with E-state index in [1.807, 2.05) is 0 Å². The fourth-order valence-electron chi connectivity index (χ4n) is 2.17. The molecule has 0 aromatic carbocycles. The van der Waals surface area contributed by atoms with E-state index in [1.165, 1.54) is 12.4 Å². The van der Waals surface area contributed by atoms with Gasteiger partial charge in [-0.05, 0) is 25.7 Å². The molecule has 6 heteroatoms. The number of aromatic nitrogens is 2. The SMILES string of the molecule is NNC(=O)C1(Oc2cnccn2)CCCCC1. The molecule has 1 fully saturated rings. The lowest BCUT2D eigenvalue weighted by atomic mass is 9.84. The van der Waals surface area contributed by atoms with E-state index in [0.717, 1.165) is 19.3 Å². The third-order valence-electron chi connectivity index (χ3n) is 3.05. The first-order valence-corrected chi connectivity index (χ1v) is 5.73. The van der Waals surface area contributed by atoms with Gasteiger partial charge in [0.2, 0.25) is 5.88 Å². The van der Waals surface area contributed by atoms with Gasteiger partial charge in [0.15, 0.2) is 5.60 Å². The van der Waals surface area contributed by atoms with Gasteiger partial charge in [-0.1, -0.05) is 6.42 Å². The van der Waals surface area contributed by atoms with Crippen molar-refractivity contribution in [2.24, 2.45) is 5.84 Å². The zero-order valence-electron chi connectivity index (χ0n) is 9.56. The maximum absolute atomic E-state index is 11.9. The van der Waals surface area contributed by atoms with Crippen molar-refractivity contribution in [3.8, 4) is 5.88 Å². The zero-order chi connectivity index (χ0) is 12.1. The van der Waals surface area contributed by atoms with Gasteiger partial charge in [0.25, 0.3) is 5.91 Å². The first-order chi connectivity index (χ1) is 8.27. The van der Waals surface area contributed by atoms with Crippen LogP contribution in [0.5, 0.6) is 5.88 Å². The standard InChI is InChI=1S/C11H16N4O2/c12-15-10(16)11(4-2-1-3-5-11)17-9-8-13-6-7-14-9/h6-8H,1-5,12H2,(H,15,16). The molecule has 0 aliphatic heterocycles. The van der Waals surface area contributed by atoms with Crippen LogP contribution in [0.15, 0.2) is 18.6 Å². The molecular weight excluding hydrogens is 220 g/mol. The monoisotopic (exact) mass is 236 g/mol. The summed E-state index contributed by atoms with van der Waals surface area (Å²) in [6.07, 6.45) is 8.93. The molecule has 1 amide bonds. The predicted molar refractivity (Wildman–Crippen MR) is 60.8 cm³/mol. The number of ether oxygens (including phenoxy) is 1. The lowest BCUT2D eigenvalue weighted by Gasteiger charge is -2.34. The number of amides is 1. The molecule has 1 aliphatic rings. The molecule has 1 aliphatic carbocycles. The molecule has 0 atom stereocenters. The molecule has 0 saturated heterocycles. The van der Waals surface area contributed by atoms with Gasteiger partial charge in [0, 0.05) is 12.4 Å². The minimum atomic E-state index is -0.886. The van der Waals surface area contributed by atoms with Crippen LogP contribution in [-0.4, -0.2) is 21.5 Å². The van der Waals surface area contributed by atoms with E-state index in [0.29, 0.717) is 18.7 Å². The first kappa shape index (κ1) is 11.8. The number of nitrogens with two attached hydrogens (primary N) is 1. The molecule has 3 N–H and O–H groups in total. The van der Waals surface area contributed by atoms with Crippen LogP contribution in [0.3, 0.4) is 0 Å². The summed E-state index contributed by atoms with van der Waals surface area (Å²) >= 11 is 0. The summed E-state index contributed by atoms with van der Waals surface area (Å²) in [4.78, 5) is 19.8. The van der Waals surface area contributed by atoms with Crippen LogP contribution >= 0.6 is 0 Å². The van der Waals surface area contributed by atoms with Crippen molar-refractivity contribution in [1.82, 2.24) is 15.4 Å². The van der Waals surface area contributed by atoms with E-state index in [1.54, 1.807) is 6.20 Å². The largest absolute Gasteiger partial charge is 0.460 e. The molecule has 92 valence electrons. The van der Waals surface area contributed by atoms with Crippen molar-refractivity contribution in [3.63, 3.8) is 0 Å². The highest BCUT2D eigenvalue weighted by atomic mass is 16.5. The fraction of sp³-hybridized carbons (Fsp3) is 0.545. The Kier molecular flexibility index (Phi) is 3.53. The van der Waals surface area contributed by atoms with Gasteiger partial charge in [0.1, 0.15) is 0 Å². The van der Waals surface area contributed by atoms with Gasteiger partial charge in [-0.2, -0.15) is 0 Å². The number of nitrogens with zero attached hydrogens (tertiary/aromatic N) is 2. The smallest absolute Gasteiger partial charge is 0.278 e. The molecule has 0 unspecified atom stereocenters. The van der Waals surface area contributed by atoms with Crippen molar-refractivity contribution in [3.05, 3.63) is 18.6 Å². The molecule has 6 nitrogen and oxygen atoms in total. The summed E-state index contributed by atoms with van der Waals surface area (Å²) in [5.41, 5.74) is 1.30. The molecule has 1 saturated carbocycles. The summed E-state index contributed by atoms with van der Waals surface area (Å²) in [5.74, 6) is 5.30. The Morgan fingerprint density at radius 2 is 2.12 bits per heavy atom. The molecule has 17 heavy (non-hydrogen) atoms. The molecule has 2 rings (SSSR count). The number of hydrogen-bond acceptors (Lipinski definition) is 5. The highest BCUT2D eigenvalue weighted by Crippen LogP contribution is 2.32. The van der Waals surface area contributed by atoms with Gasteiger partial charge in [-0.25, -0.2) is 10.8 Å². The van der Waals surface area contributed by atoms with E-state index in [-0.39, 0.29) is 5.91 Å². The molecule has 0 spiro atoms. The summed E-state index contributed by atoms with van der Waals surface area (Å²) < 4.78 is 5.73. The van der Waals surface area contributed by atoms with Gasteiger partial charge in [0.05, 0.1) is 6.20 Å². The average Bonchev–Trinajstić information content (AvgIpc) is 2.40. The lowest BCUT2D eigenvalue weighted by Crippen LogP contribution is -2.54. The average molecular weight is 236 g/mol. The molecule has 1 aromatic rings. The second kappa shape index (κ2) is 5.09. The van der Waals surface area contributed by atoms with Crippen molar-refractivity contribution in [2.45, 2.75) is 37.7 Å². The third-order valence-corrected chi connectivity index (χ3v) is 3.05. The maximum atomic E-state index is 11.9. The second-order valence-corrected chi connectivity index (χ2v) is 4.17. The highest BCUT2D eigenvalue weighted by molar-refractivity contribution is 5.85. The Labute approximate surface area is 99.6 Å². The van der Waals surface area contributed by atoms with Gasteiger partial charge in [-0.3, -0.25) is 15.2 Å². The Morgan fingerprint density at radius 1 is 1.35 bits per heavy atom. The molecular formula is C11H16N4O2. The van der Waals surface area contributed by atoms with Crippen LogP contribution in [0.4, 0.5) is 0 Å². The lowest BCUT2D eigenvalue weighted by molar-refractivity contribution is -0.140. The van der Waals surface area contributed by atoms with Gasteiger partial charge < -0.3 is 4.74 Å². The minimum absolute atomic E-state index is 0.289. The van der Waals surface area contributed by atoms with Crippen molar-refractivity contribution in [2.75, 3.05) is 0 Å². The van der Waals surface area contributed by atoms with Crippen LogP contribution in [0.2, 0.25) is 0 Å². The number of hydrazine groups is 1. The molecule has 0 radical (unpaired) electrons. The van der Waals surface area contributed by atoms with E-state index in [4.69, 9.17) is 10.6 Å². The van der Waals surface area contributed by atoms with E-state index in [9.17, 15) is 4.79 Å². The summed E-state index contributed by atoms with van der Waals surface area (Å²) in [6, 6.07) is 0. The third kappa shape index (κ3) is 2.52. The number of carbonyl (C=O) groups is 1. The van der Waals surface area contributed by atoms with Crippen LogP contribution in [0.25, 0.3) is 0 Å². The zero-order valence-corrected chi connectivity index (χ0v) is 9.56. The molecule has 1 aromatic heterocycles. The normalized spacial score (nSPS) is 18.4. The Morgan fingerprint density at radius 3 is 2.71 bits per heavy atom. The first-order valence-electron chi connectivity index (χ1n) is 5.73. The predicted octanol–water partition coefficient (Wildman–Crippen LogP) is 0.548. The van der Waals surface area contributed by atoms with Crippen molar-refractivity contribution >= 4 is 5.91 Å². The number of carbonyl (C=O) groups excluding carboxylic acids is 1. The van der Waals surface area contributed by atoms with Gasteiger partial charge >= 0.3 is 0 Å². The fourth-order valence-corrected chi connectivity index (χ4v) is 2.17. The summed E-state index contributed by atoms with van der Waals surface area (Å²) in [6.45, 7) is 0. The summed E-state index contributed by atoms with van der Waals surface area (Å²) in [5, 5.41) is 0. The molecule has 1 heterocycles. The van der Waals surface area contributed by atoms with Crippen molar-refractivity contribution in [1.29, 1.82) is 0 Å². The Balaban J connectivity index is 2.19. The summed E-state index contributed by atoms with van der Waals surface area (Å²) in [7, 11) is 0. The number of nitrogens with one attached hydrogen (secondary N) is 1. The maximum Gasteiger partial charge on any atom is 0.278 e. The number of rotatable bonds is 3. The minimum Gasteiger partial charge on any atom is -0.460 e. The second-order valence-electron chi connectivity index (χ2n) is 4.17. The topological polar surface area (TPSA) is 90.1 Å². The highest BCUT2D eigenvalue weighted by Gasteiger charge is 2.42. The van der Waals surface area contributed by atoms with Crippen molar-refractivity contribution < 1.29 is 9.53 Å². The van der Waals surface area contributed by atoms with Crippen LogP contribution in [0, 0.1) is 0 Å². The van der Waals surface area contributed by atoms with Crippen LogP contribution in [0.1, 0.15) is 32.1 Å². The van der Waals surface area contributed by atoms with E-state index in [2.05, 4.69) is 15.4 Å². The van der Waals surface area contributed by atoms with E-state index < -0.39 is 5.60 Å². The quantitative estimate of drug-likeness (QED) is 0.454. The van der Waals surface area contributed by atoms with Crippen LogP contribution in [-0.2, 0) is 4.79 Å². The van der Waals surface area contributed by atoms with E-state index >= 15 is 0 Å². The Bertz CT molecular complexity index is 376. The Hall–Kier alpha value is -1.69. The number of hydrogen-bond donors (Lipinski definition) is 2. The molecule has 0 bridgehead atoms.